The fourth-order valence-corrected chi connectivity index (χ4v) is 4.26. The first-order valence-electron chi connectivity index (χ1n) is 10.6. The molecular weight excluding hydrogens is 396 g/mol. The number of anilines is 1. The molecule has 8 heteroatoms. The van der Waals surface area contributed by atoms with Crippen LogP contribution in [0.15, 0.2) is 42.5 Å². The Morgan fingerprint density at radius 3 is 2.81 bits per heavy atom. The number of benzene rings is 2. The quantitative estimate of drug-likeness (QED) is 0.686. The zero-order chi connectivity index (χ0) is 21.4. The molecule has 0 spiro atoms. The fourth-order valence-electron chi connectivity index (χ4n) is 4.26. The number of para-hydroxylation sites is 2. The summed E-state index contributed by atoms with van der Waals surface area (Å²) in [4.78, 5) is 31.7. The van der Waals surface area contributed by atoms with E-state index in [2.05, 4.69) is 21.8 Å². The molecule has 0 saturated carbocycles. The molecule has 1 saturated heterocycles. The highest BCUT2D eigenvalue weighted by molar-refractivity contribution is 6.00. The number of aromatic nitrogens is 2. The maximum atomic E-state index is 12.8. The predicted octanol–water partition coefficient (Wildman–Crippen LogP) is 2.50. The first kappa shape index (κ1) is 19.4. The molecule has 0 radical (unpaired) electrons. The van der Waals surface area contributed by atoms with Gasteiger partial charge in [-0.3, -0.25) is 9.59 Å². The Labute approximate surface area is 179 Å². The van der Waals surface area contributed by atoms with Crippen molar-refractivity contribution >= 4 is 28.5 Å². The van der Waals surface area contributed by atoms with Gasteiger partial charge < -0.3 is 24.3 Å². The number of hydrogen-bond donors (Lipinski definition) is 1. The highest BCUT2D eigenvalue weighted by atomic mass is 16.6. The zero-order valence-corrected chi connectivity index (χ0v) is 17.3. The van der Waals surface area contributed by atoms with E-state index in [0.717, 1.165) is 29.1 Å². The number of amides is 2. The highest BCUT2D eigenvalue weighted by Crippen LogP contribution is 2.36. The third-order valence-corrected chi connectivity index (χ3v) is 5.80. The number of nitrogens with zero attached hydrogens (tertiary/aromatic N) is 3. The van der Waals surface area contributed by atoms with Crippen LogP contribution in [-0.4, -0.2) is 41.1 Å². The number of fused-ring (bicyclic) bond motifs is 2. The van der Waals surface area contributed by atoms with E-state index in [-0.39, 0.29) is 18.2 Å². The molecule has 2 aliphatic rings. The molecule has 0 bridgehead atoms. The Morgan fingerprint density at radius 1 is 1.16 bits per heavy atom. The monoisotopic (exact) mass is 420 g/mol. The molecule has 3 aromatic rings. The Hall–Kier alpha value is -3.55. The molecule has 0 aliphatic carbocycles. The lowest BCUT2D eigenvalue weighted by atomic mass is 10.1. The normalized spacial score (nSPS) is 17.9. The zero-order valence-electron chi connectivity index (χ0n) is 17.3. The minimum absolute atomic E-state index is 0.0716. The molecular formula is C23H24N4O4. The summed E-state index contributed by atoms with van der Waals surface area (Å²) in [6, 6.07) is 13.4. The molecule has 8 nitrogen and oxygen atoms in total. The lowest BCUT2D eigenvalue weighted by molar-refractivity contribution is -0.126. The van der Waals surface area contributed by atoms with E-state index < -0.39 is 5.92 Å². The van der Waals surface area contributed by atoms with Gasteiger partial charge in [0.05, 0.1) is 23.5 Å². The van der Waals surface area contributed by atoms with E-state index in [4.69, 9.17) is 9.47 Å². The molecule has 31 heavy (non-hydrogen) atoms. The molecule has 1 atom stereocenters. The van der Waals surface area contributed by atoms with Crippen LogP contribution >= 0.6 is 0 Å². The predicted molar refractivity (Wildman–Crippen MR) is 115 cm³/mol. The van der Waals surface area contributed by atoms with Crippen molar-refractivity contribution in [1.82, 2.24) is 14.9 Å². The maximum Gasteiger partial charge on any atom is 0.227 e. The van der Waals surface area contributed by atoms with Gasteiger partial charge in [-0.05, 0) is 31.2 Å². The van der Waals surface area contributed by atoms with Crippen LogP contribution in [0.2, 0.25) is 0 Å². The summed E-state index contributed by atoms with van der Waals surface area (Å²) in [6.45, 7) is 4.50. The highest BCUT2D eigenvalue weighted by Gasteiger charge is 2.35. The van der Waals surface area contributed by atoms with E-state index in [0.29, 0.717) is 37.8 Å². The van der Waals surface area contributed by atoms with E-state index in [9.17, 15) is 9.59 Å². The molecule has 1 fully saturated rings. The molecule has 1 aromatic heterocycles. The number of rotatable bonds is 5. The van der Waals surface area contributed by atoms with Crippen molar-refractivity contribution in [3.8, 4) is 11.5 Å². The molecule has 2 aromatic carbocycles. The number of nitrogens with one attached hydrogen (secondary N) is 1. The van der Waals surface area contributed by atoms with Crippen molar-refractivity contribution in [2.45, 2.75) is 26.4 Å². The summed E-state index contributed by atoms with van der Waals surface area (Å²) in [6.07, 6.45) is 0.185. The van der Waals surface area contributed by atoms with E-state index in [1.807, 2.05) is 30.3 Å². The summed E-state index contributed by atoms with van der Waals surface area (Å²) in [7, 11) is 0. The van der Waals surface area contributed by atoms with Crippen LogP contribution in [0.3, 0.4) is 0 Å². The Morgan fingerprint density at radius 2 is 1.97 bits per heavy atom. The van der Waals surface area contributed by atoms with Crippen LogP contribution in [0.25, 0.3) is 11.0 Å². The van der Waals surface area contributed by atoms with Crippen molar-refractivity contribution in [2.24, 2.45) is 5.92 Å². The second-order valence-electron chi connectivity index (χ2n) is 7.71. The van der Waals surface area contributed by atoms with Crippen molar-refractivity contribution < 1.29 is 19.1 Å². The van der Waals surface area contributed by atoms with Crippen molar-refractivity contribution in [3.63, 3.8) is 0 Å². The van der Waals surface area contributed by atoms with E-state index in [1.165, 1.54) is 0 Å². The number of hydrogen-bond acceptors (Lipinski definition) is 5. The molecule has 160 valence electrons. The van der Waals surface area contributed by atoms with Gasteiger partial charge in [0.1, 0.15) is 19.0 Å². The average Bonchev–Trinajstić information content (AvgIpc) is 3.37. The van der Waals surface area contributed by atoms with E-state index in [1.54, 1.807) is 17.0 Å². The van der Waals surface area contributed by atoms with Gasteiger partial charge in [-0.2, -0.15) is 0 Å². The summed E-state index contributed by atoms with van der Waals surface area (Å²) in [5.41, 5.74) is 2.68. The minimum atomic E-state index is -0.403. The largest absolute Gasteiger partial charge is 0.486 e. The molecule has 2 aliphatic heterocycles. The van der Waals surface area contributed by atoms with Crippen LogP contribution in [-0.2, 0) is 22.7 Å². The van der Waals surface area contributed by atoms with Gasteiger partial charge in [-0.25, -0.2) is 4.98 Å². The minimum Gasteiger partial charge on any atom is -0.486 e. The van der Waals surface area contributed by atoms with Crippen LogP contribution in [0, 0.1) is 5.92 Å². The van der Waals surface area contributed by atoms with Gasteiger partial charge in [-0.15, -0.1) is 0 Å². The number of carbonyl (C=O) groups is 2. The Kier molecular flexibility index (Phi) is 4.97. The number of ether oxygens (including phenoxy) is 2. The molecule has 1 unspecified atom stereocenters. The van der Waals surface area contributed by atoms with Crippen LogP contribution in [0.1, 0.15) is 19.2 Å². The summed E-state index contributed by atoms with van der Waals surface area (Å²) in [5, 5.41) is 2.97. The first-order chi connectivity index (χ1) is 15.1. The maximum absolute atomic E-state index is 12.8. The summed E-state index contributed by atoms with van der Waals surface area (Å²) >= 11 is 0. The number of aryl methyl sites for hydroxylation is 1. The second kappa shape index (κ2) is 7.94. The average molecular weight is 420 g/mol. The van der Waals surface area contributed by atoms with Crippen LogP contribution < -0.4 is 19.7 Å². The lowest BCUT2D eigenvalue weighted by Gasteiger charge is -2.22. The molecule has 3 heterocycles. The van der Waals surface area contributed by atoms with Gasteiger partial charge in [-0.1, -0.05) is 12.1 Å². The first-order valence-corrected chi connectivity index (χ1v) is 10.6. The van der Waals surface area contributed by atoms with Crippen molar-refractivity contribution in [1.29, 1.82) is 0 Å². The Balaban J connectivity index is 1.27. The summed E-state index contributed by atoms with van der Waals surface area (Å²) < 4.78 is 13.3. The van der Waals surface area contributed by atoms with Crippen LogP contribution in [0.4, 0.5) is 5.69 Å². The van der Waals surface area contributed by atoms with Crippen molar-refractivity contribution in [3.05, 3.63) is 48.3 Å². The third kappa shape index (κ3) is 3.58. The lowest BCUT2D eigenvalue weighted by Crippen LogP contribution is -2.33. The van der Waals surface area contributed by atoms with Gasteiger partial charge in [0.15, 0.2) is 11.5 Å². The Bertz CT molecular complexity index is 1160. The van der Waals surface area contributed by atoms with Gasteiger partial charge in [0.2, 0.25) is 11.8 Å². The third-order valence-electron chi connectivity index (χ3n) is 5.80. The van der Waals surface area contributed by atoms with Gasteiger partial charge in [0, 0.05) is 31.3 Å². The smallest absolute Gasteiger partial charge is 0.227 e. The van der Waals surface area contributed by atoms with Gasteiger partial charge >= 0.3 is 0 Å². The van der Waals surface area contributed by atoms with E-state index >= 15 is 0 Å². The van der Waals surface area contributed by atoms with Crippen molar-refractivity contribution in [2.75, 3.05) is 24.7 Å². The topological polar surface area (TPSA) is 85.7 Å². The standard InChI is InChI=1S/C23H24N4O4/c1-2-26-18-6-4-3-5-17(18)25-21(26)13-24-23(29)15-11-22(28)27(14-15)16-7-8-19-20(12-16)31-10-9-30-19/h3-8,12,15H,2,9-11,13-14H2,1H3,(H,24,29). The molecule has 5 rings (SSSR count). The SMILES string of the molecule is CCn1c(CNC(=O)C2CC(=O)N(c3ccc4c(c3)OCCO4)C2)nc2ccccc21. The number of carbonyl (C=O) groups excluding carboxylic acids is 2. The fraction of sp³-hybridized carbons (Fsp3) is 0.348. The van der Waals surface area contributed by atoms with Gasteiger partial charge in [0.25, 0.3) is 0 Å². The molecule has 1 N–H and O–H groups in total. The van der Waals surface area contributed by atoms with Crippen LogP contribution in [0.5, 0.6) is 11.5 Å². The number of imidazole rings is 1. The summed E-state index contributed by atoms with van der Waals surface area (Å²) in [5.74, 6) is 1.50. The second-order valence-corrected chi connectivity index (χ2v) is 7.71. The molecule has 2 amide bonds.